The normalized spacial score (nSPS) is 10.2. The van der Waals surface area contributed by atoms with Gasteiger partial charge in [0.1, 0.15) is 5.75 Å². The molecular formula is C18H22N2O3. The number of methoxy groups -OCH3 is 2. The Bertz CT molecular complexity index is 654. The predicted molar refractivity (Wildman–Crippen MR) is 91.5 cm³/mol. The number of ether oxygens (including phenoxy) is 2. The molecule has 0 saturated heterocycles. The molecule has 23 heavy (non-hydrogen) atoms. The molecule has 0 saturated carbocycles. The monoisotopic (exact) mass is 314 g/mol. The molecule has 0 aliphatic heterocycles. The molecule has 5 heteroatoms. The van der Waals surface area contributed by atoms with E-state index in [9.17, 15) is 4.79 Å². The van der Waals surface area contributed by atoms with Crippen molar-refractivity contribution >= 4 is 17.3 Å². The third-order valence-corrected chi connectivity index (χ3v) is 3.60. The summed E-state index contributed by atoms with van der Waals surface area (Å²) in [6.07, 6.45) is 0.976. The molecule has 2 rings (SSSR count). The van der Waals surface area contributed by atoms with Crippen LogP contribution in [-0.4, -0.2) is 20.2 Å². The zero-order chi connectivity index (χ0) is 16.7. The summed E-state index contributed by atoms with van der Waals surface area (Å²) in [5.41, 5.74) is 9.77. The maximum atomic E-state index is 11.2. The average molecular weight is 314 g/mol. The number of nitrogen functional groups attached to an aromatic ring is 1. The summed E-state index contributed by atoms with van der Waals surface area (Å²) in [5, 5.41) is 3.31. The highest BCUT2D eigenvalue weighted by Gasteiger charge is 2.05. The Hall–Kier alpha value is -2.69. The van der Waals surface area contributed by atoms with E-state index in [2.05, 4.69) is 10.1 Å². The van der Waals surface area contributed by atoms with Gasteiger partial charge in [-0.2, -0.15) is 0 Å². The summed E-state index contributed by atoms with van der Waals surface area (Å²) in [5.74, 6) is 0.619. The molecule has 0 atom stereocenters. The van der Waals surface area contributed by atoms with Crippen LogP contribution in [0.2, 0.25) is 0 Å². The molecule has 3 N–H and O–H groups in total. The van der Waals surface area contributed by atoms with Crippen LogP contribution in [0.5, 0.6) is 5.75 Å². The fourth-order valence-corrected chi connectivity index (χ4v) is 2.22. The summed E-state index contributed by atoms with van der Waals surface area (Å²) in [6, 6.07) is 13.7. The molecule has 0 radical (unpaired) electrons. The molecule has 0 fully saturated rings. The van der Waals surface area contributed by atoms with Crippen molar-refractivity contribution in [2.75, 3.05) is 25.3 Å². The minimum absolute atomic E-state index is 0.217. The van der Waals surface area contributed by atoms with Crippen LogP contribution in [0.4, 0.5) is 11.4 Å². The topological polar surface area (TPSA) is 73.6 Å². The lowest BCUT2D eigenvalue weighted by atomic mass is 10.1. The molecular weight excluding hydrogens is 292 g/mol. The van der Waals surface area contributed by atoms with Crippen LogP contribution in [0.3, 0.4) is 0 Å². The molecule has 5 nitrogen and oxygen atoms in total. The van der Waals surface area contributed by atoms with Crippen LogP contribution in [0.25, 0.3) is 0 Å². The molecule has 0 heterocycles. The third-order valence-electron chi connectivity index (χ3n) is 3.60. The maximum Gasteiger partial charge on any atom is 0.305 e. The maximum absolute atomic E-state index is 11.2. The smallest absolute Gasteiger partial charge is 0.305 e. The van der Waals surface area contributed by atoms with Crippen LogP contribution >= 0.6 is 0 Å². The van der Waals surface area contributed by atoms with E-state index in [0.717, 1.165) is 22.6 Å². The van der Waals surface area contributed by atoms with Crippen LogP contribution in [0, 0.1) is 0 Å². The Morgan fingerprint density at radius 1 is 1.09 bits per heavy atom. The first-order chi connectivity index (χ1) is 11.1. The molecule has 2 aromatic carbocycles. The molecule has 0 unspecified atom stereocenters. The Morgan fingerprint density at radius 3 is 2.39 bits per heavy atom. The number of carbonyl (C=O) groups excluding carboxylic acids is 1. The Balaban J connectivity index is 1.93. The van der Waals surface area contributed by atoms with Gasteiger partial charge in [-0.05, 0) is 41.8 Å². The van der Waals surface area contributed by atoms with Gasteiger partial charge in [-0.25, -0.2) is 0 Å². The number of hydrogen-bond acceptors (Lipinski definition) is 5. The van der Waals surface area contributed by atoms with Gasteiger partial charge in [-0.3, -0.25) is 4.79 Å². The van der Waals surface area contributed by atoms with E-state index in [4.69, 9.17) is 10.5 Å². The van der Waals surface area contributed by atoms with E-state index in [-0.39, 0.29) is 5.97 Å². The van der Waals surface area contributed by atoms with Crippen LogP contribution < -0.4 is 15.8 Å². The second kappa shape index (κ2) is 8.08. The van der Waals surface area contributed by atoms with Crippen molar-refractivity contribution in [3.05, 3.63) is 53.6 Å². The number of benzene rings is 2. The summed E-state index contributed by atoms with van der Waals surface area (Å²) >= 11 is 0. The van der Waals surface area contributed by atoms with E-state index >= 15 is 0 Å². The number of nitrogens with one attached hydrogen (secondary N) is 1. The fraction of sp³-hybridized carbons (Fsp3) is 0.278. The van der Waals surface area contributed by atoms with E-state index in [1.165, 1.54) is 7.11 Å². The second-order valence-corrected chi connectivity index (χ2v) is 5.20. The molecule has 0 amide bonds. The highest BCUT2D eigenvalue weighted by Crippen LogP contribution is 2.22. The zero-order valence-corrected chi connectivity index (χ0v) is 13.5. The minimum atomic E-state index is -0.217. The number of nitrogens with two attached hydrogens (primary N) is 1. The fourth-order valence-electron chi connectivity index (χ4n) is 2.22. The molecule has 0 spiro atoms. The van der Waals surface area contributed by atoms with Gasteiger partial charge in [-0.1, -0.05) is 18.2 Å². The highest BCUT2D eigenvalue weighted by atomic mass is 16.5. The number of hydrogen-bond donors (Lipinski definition) is 2. The predicted octanol–water partition coefficient (Wildman–Crippen LogP) is 3.00. The summed E-state index contributed by atoms with van der Waals surface area (Å²) in [7, 11) is 3.04. The van der Waals surface area contributed by atoms with E-state index in [1.807, 2.05) is 42.5 Å². The van der Waals surface area contributed by atoms with Gasteiger partial charge >= 0.3 is 5.97 Å². The van der Waals surface area contributed by atoms with Crippen molar-refractivity contribution in [2.45, 2.75) is 19.4 Å². The molecule has 0 aliphatic carbocycles. The second-order valence-electron chi connectivity index (χ2n) is 5.20. The average Bonchev–Trinajstić information content (AvgIpc) is 2.59. The Labute approximate surface area is 136 Å². The zero-order valence-electron chi connectivity index (χ0n) is 13.5. The van der Waals surface area contributed by atoms with Crippen molar-refractivity contribution < 1.29 is 14.3 Å². The summed E-state index contributed by atoms with van der Waals surface area (Å²) < 4.78 is 9.78. The van der Waals surface area contributed by atoms with Gasteiger partial charge in [0, 0.05) is 13.0 Å². The van der Waals surface area contributed by atoms with Crippen molar-refractivity contribution in [2.24, 2.45) is 0 Å². The Kier molecular flexibility index (Phi) is 5.86. The van der Waals surface area contributed by atoms with Gasteiger partial charge < -0.3 is 20.5 Å². The van der Waals surface area contributed by atoms with Crippen molar-refractivity contribution in [1.82, 2.24) is 0 Å². The van der Waals surface area contributed by atoms with Crippen molar-refractivity contribution in [3.8, 4) is 5.75 Å². The number of anilines is 2. The van der Waals surface area contributed by atoms with E-state index in [0.29, 0.717) is 25.1 Å². The first-order valence-corrected chi connectivity index (χ1v) is 7.44. The van der Waals surface area contributed by atoms with E-state index < -0.39 is 0 Å². The van der Waals surface area contributed by atoms with Crippen molar-refractivity contribution in [1.29, 1.82) is 0 Å². The van der Waals surface area contributed by atoms with Crippen molar-refractivity contribution in [3.63, 3.8) is 0 Å². The SMILES string of the molecule is COC(=O)CCc1ccc(NCc2ccc(OC)cc2)c(N)c1. The number of carbonyl (C=O) groups is 1. The van der Waals surface area contributed by atoms with Gasteiger partial charge in [-0.15, -0.1) is 0 Å². The molecule has 122 valence electrons. The largest absolute Gasteiger partial charge is 0.497 e. The first-order valence-electron chi connectivity index (χ1n) is 7.44. The third kappa shape index (κ3) is 4.92. The lowest BCUT2D eigenvalue weighted by molar-refractivity contribution is -0.140. The molecule has 0 aliphatic rings. The molecule has 2 aromatic rings. The van der Waals surface area contributed by atoms with Crippen LogP contribution in [0.15, 0.2) is 42.5 Å². The molecule has 0 bridgehead atoms. The van der Waals surface area contributed by atoms with Crippen LogP contribution in [-0.2, 0) is 22.5 Å². The number of aryl methyl sites for hydroxylation is 1. The van der Waals surface area contributed by atoms with Gasteiger partial charge in [0.15, 0.2) is 0 Å². The first kappa shape index (κ1) is 16.7. The Morgan fingerprint density at radius 2 is 1.78 bits per heavy atom. The standard InChI is InChI=1S/C18H22N2O3/c1-22-15-7-3-14(4-8-15)12-20-17-9-5-13(11-16(17)19)6-10-18(21)23-2/h3-5,7-9,11,20H,6,10,12,19H2,1-2H3. The van der Waals surface area contributed by atoms with Crippen LogP contribution in [0.1, 0.15) is 17.5 Å². The lowest BCUT2D eigenvalue weighted by Crippen LogP contribution is -2.04. The van der Waals surface area contributed by atoms with Gasteiger partial charge in [0.05, 0.1) is 25.6 Å². The van der Waals surface area contributed by atoms with Gasteiger partial charge in [0.2, 0.25) is 0 Å². The molecule has 0 aromatic heterocycles. The number of esters is 1. The summed E-state index contributed by atoms with van der Waals surface area (Å²) in [4.78, 5) is 11.2. The highest BCUT2D eigenvalue weighted by molar-refractivity contribution is 5.70. The minimum Gasteiger partial charge on any atom is -0.497 e. The van der Waals surface area contributed by atoms with Gasteiger partial charge in [0.25, 0.3) is 0 Å². The quantitative estimate of drug-likeness (QED) is 0.607. The summed E-state index contributed by atoms with van der Waals surface area (Å²) in [6.45, 7) is 0.676. The lowest BCUT2D eigenvalue weighted by Gasteiger charge is -2.11. The number of rotatable bonds is 7. The van der Waals surface area contributed by atoms with E-state index in [1.54, 1.807) is 7.11 Å².